The molecule has 130 valence electrons. The van der Waals surface area contributed by atoms with Gasteiger partial charge in [0.2, 0.25) is 5.91 Å². The molecule has 0 spiro atoms. The van der Waals surface area contributed by atoms with Gasteiger partial charge < -0.3 is 10.6 Å². The van der Waals surface area contributed by atoms with Gasteiger partial charge in [-0.25, -0.2) is 0 Å². The second-order valence-electron chi connectivity index (χ2n) is 8.60. The Morgan fingerprint density at radius 1 is 1.08 bits per heavy atom. The van der Waals surface area contributed by atoms with Crippen molar-refractivity contribution >= 4 is 11.6 Å². The van der Waals surface area contributed by atoms with E-state index in [-0.39, 0.29) is 17.5 Å². The van der Waals surface area contributed by atoms with Crippen molar-refractivity contribution in [2.45, 2.75) is 70.4 Å². The average molecular weight is 326 g/mol. The fourth-order valence-electron chi connectivity index (χ4n) is 5.79. The van der Waals surface area contributed by atoms with Crippen LogP contribution in [0.15, 0.2) is 24.3 Å². The third kappa shape index (κ3) is 3.05. The number of benzene rings is 1. The number of rotatable bonds is 5. The van der Waals surface area contributed by atoms with Crippen molar-refractivity contribution in [1.29, 1.82) is 0 Å². The lowest BCUT2D eigenvalue weighted by Gasteiger charge is -2.57. The molecule has 3 nitrogen and oxygen atoms in total. The lowest BCUT2D eigenvalue weighted by molar-refractivity contribution is -0.127. The van der Waals surface area contributed by atoms with Crippen LogP contribution in [0.3, 0.4) is 0 Å². The monoisotopic (exact) mass is 326 g/mol. The molecule has 1 aromatic carbocycles. The first kappa shape index (κ1) is 16.0. The number of hydrogen-bond acceptors (Lipinski definition) is 2. The van der Waals surface area contributed by atoms with Gasteiger partial charge in [0.15, 0.2) is 0 Å². The fraction of sp³-hybridized carbons (Fsp3) is 0.667. The Balaban J connectivity index is 1.38. The molecule has 4 bridgehead atoms. The standard InChI is InChI=1S/C21H30N2O/c1-3-15-4-6-19(7-5-15)22-14(2)20(24)23-21-11-16-8-17(12-21)10-18(9-16)13-21/h4-7,14,16-18,22H,3,8-13H2,1-2H3,(H,23,24)/t14-,16?,17?,18?,21?/m0/s1. The van der Waals surface area contributed by atoms with Crippen molar-refractivity contribution in [1.82, 2.24) is 5.32 Å². The molecular weight excluding hydrogens is 296 g/mol. The molecule has 3 heteroatoms. The van der Waals surface area contributed by atoms with Gasteiger partial charge in [-0.3, -0.25) is 4.79 Å². The first-order chi connectivity index (χ1) is 11.5. The molecule has 4 fully saturated rings. The molecule has 1 amide bonds. The normalized spacial score (nSPS) is 34.8. The van der Waals surface area contributed by atoms with Gasteiger partial charge in [0, 0.05) is 11.2 Å². The third-order valence-corrected chi connectivity index (χ3v) is 6.57. The van der Waals surface area contributed by atoms with E-state index in [1.165, 1.54) is 44.1 Å². The van der Waals surface area contributed by atoms with E-state index in [1.807, 2.05) is 6.92 Å². The van der Waals surface area contributed by atoms with Crippen LogP contribution in [0.5, 0.6) is 0 Å². The zero-order valence-corrected chi connectivity index (χ0v) is 15.0. The first-order valence-electron chi connectivity index (χ1n) is 9.73. The van der Waals surface area contributed by atoms with Gasteiger partial charge in [-0.1, -0.05) is 19.1 Å². The smallest absolute Gasteiger partial charge is 0.242 e. The molecule has 1 aromatic rings. The van der Waals surface area contributed by atoms with Gasteiger partial charge in [0.05, 0.1) is 0 Å². The van der Waals surface area contributed by atoms with Crippen LogP contribution < -0.4 is 10.6 Å². The molecule has 5 rings (SSSR count). The molecule has 0 aliphatic heterocycles. The van der Waals surface area contributed by atoms with Crippen LogP contribution in [0.25, 0.3) is 0 Å². The molecule has 0 radical (unpaired) electrons. The summed E-state index contributed by atoms with van der Waals surface area (Å²) in [7, 11) is 0. The lowest BCUT2D eigenvalue weighted by atomic mass is 9.53. The quantitative estimate of drug-likeness (QED) is 0.854. The summed E-state index contributed by atoms with van der Waals surface area (Å²) < 4.78 is 0. The number of amides is 1. The largest absolute Gasteiger partial charge is 0.374 e. The van der Waals surface area contributed by atoms with Crippen LogP contribution in [0, 0.1) is 17.8 Å². The number of anilines is 1. The van der Waals surface area contributed by atoms with Crippen LogP contribution in [0.1, 0.15) is 57.9 Å². The predicted octanol–water partition coefficient (Wildman–Crippen LogP) is 4.13. The van der Waals surface area contributed by atoms with E-state index < -0.39 is 0 Å². The predicted molar refractivity (Wildman–Crippen MR) is 98.0 cm³/mol. The summed E-state index contributed by atoms with van der Waals surface area (Å²) in [6, 6.07) is 8.23. The van der Waals surface area contributed by atoms with E-state index >= 15 is 0 Å². The second-order valence-corrected chi connectivity index (χ2v) is 8.60. The highest BCUT2D eigenvalue weighted by Crippen LogP contribution is 2.55. The van der Waals surface area contributed by atoms with Crippen molar-refractivity contribution in [2.75, 3.05) is 5.32 Å². The lowest BCUT2D eigenvalue weighted by Crippen LogP contribution is -2.61. The Labute approximate surface area is 145 Å². The number of carbonyl (C=O) groups is 1. The Morgan fingerprint density at radius 3 is 2.12 bits per heavy atom. The zero-order chi connectivity index (χ0) is 16.7. The Morgan fingerprint density at radius 2 is 1.62 bits per heavy atom. The average Bonchev–Trinajstić information content (AvgIpc) is 2.53. The molecule has 24 heavy (non-hydrogen) atoms. The van der Waals surface area contributed by atoms with Crippen molar-refractivity contribution in [3.8, 4) is 0 Å². The highest BCUT2D eigenvalue weighted by molar-refractivity contribution is 5.84. The second kappa shape index (κ2) is 6.09. The van der Waals surface area contributed by atoms with Gasteiger partial charge in [-0.05, 0) is 87.3 Å². The maximum absolute atomic E-state index is 12.8. The van der Waals surface area contributed by atoms with Crippen LogP contribution in [-0.4, -0.2) is 17.5 Å². The Bertz CT molecular complexity index is 571. The SMILES string of the molecule is CCc1ccc(N[C@@H](C)C(=O)NC23CC4CC(CC(C4)C2)C3)cc1. The number of aryl methyl sites for hydroxylation is 1. The highest BCUT2D eigenvalue weighted by atomic mass is 16.2. The van der Waals surface area contributed by atoms with Crippen LogP contribution in [0.4, 0.5) is 5.69 Å². The minimum absolute atomic E-state index is 0.105. The summed E-state index contributed by atoms with van der Waals surface area (Å²) >= 11 is 0. The molecule has 4 aliphatic rings. The topological polar surface area (TPSA) is 41.1 Å². The molecule has 4 aliphatic carbocycles. The maximum atomic E-state index is 12.8. The highest BCUT2D eigenvalue weighted by Gasteiger charge is 2.51. The number of carbonyl (C=O) groups excluding carboxylic acids is 1. The van der Waals surface area contributed by atoms with Gasteiger partial charge in [0.1, 0.15) is 6.04 Å². The van der Waals surface area contributed by atoms with Gasteiger partial charge >= 0.3 is 0 Å². The van der Waals surface area contributed by atoms with E-state index in [0.717, 1.165) is 29.9 Å². The molecule has 2 N–H and O–H groups in total. The van der Waals surface area contributed by atoms with Crippen molar-refractivity contribution < 1.29 is 4.79 Å². The number of nitrogens with one attached hydrogen (secondary N) is 2. The van der Waals surface area contributed by atoms with Crippen molar-refractivity contribution in [2.24, 2.45) is 17.8 Å². The van der Waals surface area contributed by atoms with E-state index in [9.17, 15) is 4.79 Å². The summed E-state index contributed by atoms with van der Waals surface area (Å²) in [4.78, 5) is 12.8. The minimum Gasteiger partial charge on any atom is -0.374 e. The summed E-state index contributed by atoms with van der Waals surface area (Å²) in [5.74, 6) is 2.75. The fourth-order valence-corrected chi connectivity index (χ4v) is 5.79. The van der Waals surface area contributed by atoms with Crippen molar-refractivity contribution in [3.05, 3.63) is 29.8 Å². The van der Waals surface area contributed by atoms with Gasteiger partial charge in [-0.15, -0.1) is 0 Å². The molecule has 1 atom stereocenters. The molecule has 0 unspecified atom stereocenters. The van der Waals surface area contributed by atoms with Crippen LogP contribution >= 0.6 is 0 Å². The summed E-state index contributed by atoms with van der Waals surface area (Å²) in [6.07, 6.45) is 8.91. The van der Waals surface area contributed by atoms with Gasteiger partial charge in [-0.2, -0.15) is 0 Å². The summed E-state index contributed by atoms with van der Waals surface area (Å²) in [6.45, 7) is 4.13. The zero-order valence-electron chi connectivity index (χ0n) is 15.0. The summed E-state index contributed by atoms with van der Waals surface area (Å²) in [5.41, 5.74) is 2.46. The van der Waals surface area contributed by atoms with Crippen molar-refractivity contribution in [3.63, 3.8) is 0 Å². The molecule has 4 saturated carbocycles. The van der Waals surface area contributed by atoms with E-state index in [4.69, 9.17) is 0 Å². The molecule has 0 aromatic heterocycles. The van der Waals surface area contributed by atoms with Crippen LogP contribution in [-0.2, 0) is 11.2 Å². The molecule has 0 saturated heterocycles. The van der Waals surface area contributed by atoms with Gasteiger partial charge in [0.25, 0.3) is 0 Å². The Hall–Kier alpha value is -1.51. The molecular formula is C21H30N2O. The Kier molecular flexibility index (Phi) is 4.06. The minimum atomic E-state index is -0.189. The van der Waals surface area contributed by atoms with E-state index in [1.54, 1.807) is 0 Å². The maximum Gasteiger partial charge on any atom is 0.242 e. The summed E-state index contributed by atoms with van der Waals surface area (Å²) in [5, 5.41) is 6.83. The van der Waals surface area contributed by atoms with E-state index in [0.29, 0.717) is 0 Å². The third-order valence-electron chi connectivity index (χ3n) is 6.57. The van der Waals surface area contributed by atoms with E-state index in [2.05, 4.69) is 41.8 Å². The molecule has 0 heterocycles. The number of hydrogen-bond donors (Lipinski definition) is 2. The van der Waals surface area contributed by atoms with Crippen LogP contribution in [0.2, 0.25) is 0 Å². The first-order valence-corrected chi connectivity index (χ1v) is 9.73.